The Morgan fingerprint density at radius 2 is 2.26 bits per heavy atom. The highest BCUT2D eigenvalue weighted by Gasteiger charge is 2.29. The van der Waals surface area contributed by atoms with Gasteiger partial charge in [0.2, 0.25) is 5.91 Å². The second kappa shape index (κ2) is 7.10. The predicted molar refractivity (Wildman–Crippen MR) is 89.1 cm³/mol. The van der Waals surface area contributed by atoms with Gasteiger partial charge in [0.1, 0.15) is 11.9 Å². The van der Waals surface area contributed by atoms with Crippen molar-refractivity contribution in [2.45, 2.75) is 44.9 Å². The molecule has 1 fully saturated rings. The molecule has 0 spiro atoms. The second-order valence-corrected chi connectivity index (χ2v) is 5.86. The number of imidazole rings is 1. The van der Waals surface area contributed by atoms with Crippen LogP contribution in [0.4, 0.5) is 0 Å². The van der Waals surface area contributed by atoms with Crippen molar-refractivity contribution in [3.05, 3.63) is 30.1 Å². The summed E-state index contributed by atoms with van der Waals surface area (Å²) in [6.07, 6.45) is 1.99. The molecule has 2 aromatic rings. The van der Waals surface area contributed by atoms with Crippen molar-refractivity contribution in [2.24, 2.45) is 5.73 Å². The molecule has 6 nitrogen and oxygen atoms in total. The van der Waals surface area contributed by atoms with Crippen LogP contribution < -0.4 is 11.1 Å². The first kappa shape index (κ1) is 16.0. The van der Waals surface area contributed by atoms with E-state index < -0.39 is 0 Å². The molecule has 1 aliphatic heterocycles. The fourth-order valence-electron chi connectivity index (χ4n) is 3.15. The van der Waals surface area contributed by atoms with Gasteiger partial charge in [0.15, 0.2) is 0 Å². The number of fused-ring (bicyclic) bond motifs is 1. The lowest BCUT2D eigenvalue weighted by atomic mass is 10.2. The molecule has 6 heteroatoms. The molecule has 23 heavy (non-hydrogen) atoms. The van der Waals surface area contributed by atoms with Crippen molar-refractivity contribution in [1.29, 1.82) is 0 Å². The van der Waals surface area contributed by atoms with Gasteiger partial charge in [0, 0.05) is 26.1 Å². The molecule has 0 radical (unpaired) electrons. The minimum absolute atomic E-state index is 0.0232. The SMILES string of the molecule is CCn1c(CCNC(=O)[C@@H]2CC[C@H](CN)O2)nc2ccccc21. The summed E-state index contributed by atoms with van der Waals surface area (Å²) in [7, 11) is 0. The van der Waals surface area contributed by atoms with Gasteiger partial charge < -0.3 is 20.4 Å². The van der Waals surface area contributed by atoms with Gasteiger partial charge in [-0.3, -0.25) is 4.79 Å². The highest BCUT2D eigenvalue weighted by Crippen LogP contribution is 2.19. The number of benzene rings is 1. The first-order chi connectivity index (χ1) is 11.2. The Labute approximate surface area is 136 Å². The number of amides is 1. The summed E-state index contributed by atoms with van der Waals surface area (Å²) in [6.45, 7) is 4.02. The van der Waals surface area contributed by atoms with Gasteiger partial charge >= 0.3 is 0 Å². The quantitative estimate of drug-likeness (QED) is 0.839. The van der Waals surface area contributed by atoms with E-state index in [2.05, 4.69) is 27.9 Å². The molecule has 124 valence electrons. The van der Waals surface area contributed by atoms with E-state index in [0.29, 0.717) is 19.5 Å². The number of hydrogen-bond acceptors (Lipinski definition) is 4. The summed E-state index contributed by atoms with van der Waals surface area (Å²) >= 11 is 0. The third kappa shape index (κ3) is 3.38. The first-order valence-corrected chi connectivity index (χ1v) is 8.30. The van der Waals surface area contributed by atoms with E-state index in [1.165, 1.54) is 0 Å². The van der Waals surface area contributed by atoms with E-state index in [4.69, 9.17) is 10.5 Å². The Morgan fingerprint density at radius 1 is 1.43 bits per heavy atom. The van der Waals surface area contributed by atoms with E-state index in [9.17, 15) is 4.79 Å². The van der Waals surface area contributed by atoms with Crippen LogP contribution in [0.1, 0.15) is 25.6 Å². The van der Waals surface area contributed by atoms with Crippen LogP contribution in [-0.4, -0.2) is 40.8 Å². The summed E-state index contributed by atoms with van der Waals surface area (Å²) in [5.41, 5.74) is 7.71. The average molecular weight is 316 g/mol. The van der Waals surface area contributed by atoms with Crippen LogP contribution in [0.5, 0.6) is 0 Å². The van der Waals surface area contributed by atoms with Crippen LogP contribution in [-0.2, 0) is 22.5 Å². The molecular weight excluding hydrogens is 292 g/mol. The zero-order valence-electron chi connectivity index (χ0n) is 13.5. The Hall–Kier alpha value is -1.92. The predicted octanol–water partition coefficient (Wildman–Crippen LogP) is 1.22. The third-order valence-corrected chi connectivity index (χ3v) is 4.36. The largest absolute Gasteiger partial charge is 0.364 e. The van der Waals surface area contributed by atoms with Gasteiger partial charge in [-0.25, -0.2) is 4.98 Å². The summed E-state index contributed by atoms with van der Waals surface area (Å²) in [5, 5.41) is 2.96. The molecule has 0 aliphatic carbocycles. The van der Waals surface area contributed by atoms with Crippen molar-refractivity contribution in [2.75, 3.05) is 13.1 Å². The van der Waals surface area contributed by atoms with E-state index in [-0.39, 0.29) is 18.1 Å². The summed E-state index contributed by atoms with van der Waals surface area (Å²) < 4.78 is 7.80. The van der Waals surface area contributed by atoms with Crippen molar-refractivity contribution in [1.82, 2.24) is 14.9 Å². The van der Waals surface area contributed by atoms with Crippen molar-refractivity contribution >= 4 is 16.9 Å². The van der Waals surface area contributed by atoms with Crippen molar-refractivity contribution in [3.63, 3.8) is 0 Å². The molecule has 1 aromatic heterocycles. The van der Waals surface area contributed by atoms with E-state index in [1.54, 1.807) is 0 Å². The van der Waals surface area contributed by atoms with Crippen LogP contribution in [0, 0.1) is 0 Å². The van der Waals surface area contributed by atoms with Crippen LogP contribution in [0.2, 0.25) is 0 Å². The number of nitrogens with two attached hydrogens (primary N) is 1. The maximum Gasteiger partial charge on any atom is 0.249 e. The standard InChI is InChI=1S/C17H24N4O2/c1-2-21-14-6-4-3-5-13(14)20-16(21)9-10-19-17(22)15-8-7-12(11-18)23-15/h3-6,12,15H,2,7-11,18H2,1H3,(H,19,22)/t12-,15+/m1/s1. The van der Waals surface area contributed by atoms with Crippen LogP contribution >= 0.6 is 0 Å². The Morgan fingerprint density at radius 3 is 3.00 bits per heavy atom. The first-order valence-electron chi connectivity index (χ1n) is 8.30. The number of aryl methyl sites for hydroxylation is 1. The fraction of sp³-hybridized carbons (Fsp3) is 0.529. The summed E-state index contributed by atoms with van der Waals surface area (Å²) in [4.78, 5) is 16.8. The van der Waals surface area contributed by atoms with Crippen molar-refractivity contribution < 1.29 is 9.53 Å². The fourth-order valence-corrected chi connectivity index (χ4v) is 3.15. The van der Waals surface area contributed by atoms with Crippen LogP contribution in [0.15, 0.2) is 24.3 Å². The Balaban J connectivity index is 1.57. The van der Waals surface area contributed by atoms with Gasteiger partial charge in [-0.2, -0.15) is 0 Å². The van der Waals surface area contributed by atoms with E-state index in [1.807, 2.05) is 18.2 Å². The lowest BCUT2D eigenvalue weighted by Crippen LogP contribution is -2.36. The highest BCUT2D eigenvalue weighted by molar-refractivity contribution is 5.81. The lowest BCUT2D eigenvalue weighted by molar-refractivity contribution is -0.131. The monoisotopic (exact) mass is 316 g/mol. The molecule has 0 unspecified atom stereocenters. The average Bonchev–Trinajstić information content (AvgIpc) is 3.18. The molecule has 2 heterocycles. The number of hydrogen-bond donors (Lipinski definition) is 2. The number of nitrogens with zero attached hydrogens (tertiary/aromatic N) is 2. The molecule has 0 bridgehead atoms. The minimum Gasteiger partial charge on any atom is -0.364 e. The van der Waals surface area contributed by atoms with E-state index in [0.717, 1.165) is 36.2 Å². The van der Waals surface area contributed by atoms with Gasteiger partial charge in [-0.05, 0) is 31.9 Å². The Kier molecular flexibility index (Phi) is 4.93. The van der Waals surface area contributed by atoms with Crippen LogP contribution in [0.25, 0.3) is 11.0 Å². The van der Waals surface area contributed by atoms with E-state index >= 15 is 0 Å². The van der Waals surface area contributed by atoms with Gasteiger partial charge in [0.25, 0.3) is 0 Å². The number of rotatable bonds is 6. The zero-order chi connectivity index (χ0) is 16.2. The second-order valence-electron chi connectivity index (χ2n) is 5.86. The number of carbonyl (C=O) groups is 1. The zero-order valence-corrected chi connectivity index (χ0v) is 13.5. The van der Waals surface area contributed by atoms with Gasteiger partial charge in [-0.1, -0.05) is 12.1 Å². The van der Waals surface area contributed by atoms with Crippen LogP contribution in [0.3, 0.4) is 0 Å². The Bertz CT molecular complexity index is 682. The molecule has 1 aliphatic rings. The van der Waals surface area contributed by atoms with Crippen molar-refractivity contribution in [3.8, 4) is 0 Å². The summed E-state index contributed by atoms with van der Waals surface area (Å²) in [6, 6.07) is 8.11. The molecule has 1 amide bonds. The molecule has 0 saturated carbocycles. The molecule has 1 saturated heterocycles. The molecule has 2 atom stereocenters. The van der Waals surface area contributed by atoms with Gasteiger partial charge in [-0.15, -0.1) is 0 Å². The number of ether oxygens (including phenoxy) is 1. The topological polar surface area (TPSA) is 82.2 Å². The minimum atomic E-state index is -0.353. The van der Waals surface area contributed by atoms with Gasteiger partial charge in [0.05, 0.1) is 17.1 Å². The molecular formula is C17H24N4O2. The molecule has 3 rings (SSSR count). The number of carbonyl (C=O) groups excluding carboxylic acids is 1. The maximum atomic E-state index is 12.1. The number of aromatic nitrogens is 2. The highest BCUT2D eigenvalue weighted by atomic mass is 16.5. The maximum absolute atomic E-state index is 12.1. The lowest BCUT2D eigenvalue weighted by Gasteiger charge is -2.13. The molecule has 3 N–H and O–H groups in total. The number of para-hydroxylation sites is 2. The normalized spacial score (nSPS) is 21.0. The smallest absolute Gasteiger partial charge is 0.249 e. The number of nitrogens with one attached hydrogen (secondary N) is 1. The third-order valence-electron chi connectivity index (χ3n) is 4.36. The summed E-state index contributed by atoms with van der Waals surface area (Å²) in [5.74, 6) is 0.960. The molecule has 1 aromatic carbocycles.